The van der Waals surface area contributed by atoms with Crippen LogP contribution in [-0.2, 0) is 14.8 Å². The molecule has 2 aromatic rings. The van der Waals surface area contributed by atoms with Gasteiger partial charge in [0.1, 0.15) is 5.54 Å². The Kier molecular flexibility index (Phi) is 4.61. The van der Waals surface area contributed by atoms with Gasteiger partial charge in [-0.3, -0.25) is 4.79 Å². The summed E-state index contributed by atoms with van der Waals surface area (Å²) in [7, 11) is -3.93. The number of allylic oxidation sites excluding steroid dienone is 1. The van der Waals surface area contributed by atoms with E-state index in [2.05, 4.69) is 10.8 Å². The molecular weight excluding hydrogens is 382 g/mol. The predicted octanol–water partition coefficient (Wildman–Crippen LogP) is 3.67. The molecular formula is C20H19NO4S2. The summed E-state index contributed by atoms with van der Waals surface area (Å²) in [4.78, 5) is 12.0. The van der Waals surface area contributed by atoms with E-state index in [4.69, 9.17) is 0 Å². The van der Waals surface area contributed by atoms with E-state index in [-0.39, 0.29) is 17.2 Å². The molecule has 2 aromatic carbocycles. The molecule has 1 aliphatic carbocycles. The van der Waals surface area contributed by atoms with Crippen LogP contribution in [0.15, 0.2) is 71.0 Å². The van der Waals surface area contributed by atoms with E-state index in [1.165, 1.54) is 0 Å². The van der Waals surface area contributed by atoms with Crippen LogP contribution in [0, 0.1) is 0 Å². The maximum Gasteiger partial charge on any atom is 0.325 e. The van der Waals surface area contributed by atoms with Crippen LogP contribution >= 0.6 is 11.8 Å². The van der Waals surface area contributed by atoms with Crippen molar-refractivity contribution < 1.29 is 18.3 Å². The summed E-state index contributed by atoms with van der Waals surface area (Å²) in [5.74, 6) is -1.52. The number of rotatable bonds is 6. The molecule has 1 fully saturated rings. The average molecular weight is 402 g/mol. The number of sulfonamides is 1. The molecule has 140 valence electrons. The zero-order valence-electron chi connectivity index (χ0n) is 14.4. The highest BCUT2D eigenvalue weighted by Crippen LogP contribution is 2.52. The second kappa shape index (κ2) is 6.82. The van der Waals surface area contributed by atoms with Crippen LogP contribution in [0.2, 0.25) is 0 Å². The number of hydrogen-bond donors (Lipinski definition) is 2. The van der Waals surface area contributed by atoms with E-state index in [1.807, 2.05) is 35.7 Å². The maximum absolute atomic E-state index is 12.8. The van der Waals surface area contributed by atoms with Crippen LogP contribution in [0.1, 0.15) is 35.1 Å². The van der Waals surface area contributed by atoms with Gasteiger partial charge in [-0.25, -0.2) is 8.42 Å². The summed E-state index contributed by atoms with van der Waals surface area (Å²) in [6.07, 6.45) is 3.26. The van der Waals surface area contributed by atoms with Crippen molar-refractivity contribution in [2.45, 2.75) is 34.4 Å². The number of carboxylic acids is 1. The first-order chi connectivity index (χ1) is 12.9. The lowest BCUT2D eigenvalue weighted by Gasteiger charge is -2.16. The Morgan fingerprint density at radius 2 is 1.78 bits per heavy atom. The molecule has 3 atom stereocenters. The Hall–Kier alpha value is -2.09. The summed E-state index contributed by atoms with van der Waals surface area (Å²) in [5, 5.41) is 12.1. The number of carbonyl (C=O) groups is 1. The van der Waals surface area contributed by atoms with Gasteiger partial charge in [0.15, 0.2) is 0 Å². The van der Waals surface area contributed by atoms with Crippen molar-refractivity contribution >= 4 is 27.8 Å². The number of hydrogen-bond acceptors (Lipinski definition) is 4. The number of aliphatic carboxylic acids is 1. The molecule has 0 spiro atoms. The maximum atomic E-state index is 12.8. The highest BCUT2D eigenvalue weighted by molar-refractivity contribution is 8.02. The zero-order chi connectivity index (χ0) is 19.1. The van der Waals surface area contributed by atoms with Crippen LogP contribution in [0.5, 0.6) is 0 Å². The van der Waals surface area contributed by atoms with Crippen molar-refractivity contribution in [1.29, 1.82) is 0 Å². The first-order valence-corrected chi connectivity index (χ1v) is 11.1. The van der Waals surface area contributed by atoms with E-state index in [0.717, 1.165) is 17.5 Å². The standard InChI is InChI=1S/C20H19NO4S2/c22-19(23)20(13-17(20)14-5-2-1-3-6-14)21-27(24,25)16-10-8-15(9-11-16)18-7-4-12-26-18/h1-6,8-12,17-18,21H,7,13H2,(H,22,23). The monoisotopic (exact) mass is 401 g/mol. The number of nitrogens with one attached hydrogen (secondary N) is 1. The van der Waals surface area contributed by atoms with Gasteiger partial charge in [0, 0.05) is 11.2 Å². The predicted molar refractivity (Wildman–Crippen MR) is 105 cm³/mol. The fraction of sp³-hybridized carbons (Fsp3) is 0.250. The molecule has 1 aliphatic heterocycles. The van der Waals surface area contributed by atoms with Crippen LogP contribution in [0.3, 0.4) is 0 Å². The van der Waals surface area contributed by atoms with Gasteiger partial charge in [0.2, 0.25) is 10.0 Å². The van der Waals surface area contributed by atoms with Crippen molar-refractivity contribution in [1.82, 2.24) is 4.72 Å². The second-order valence-corrected chi connectivity index (χ2v) is 9.65. The lowest BCUT2D eigenvalue weighted by atomic mass is 10.1. The van der Waals surface area contributed by atoms with Crippen molar-refractivity contribution in [2.75, 3.05) is 0 Å². The smallest absolute Gasteiger partial charge is 0.325 e. The molecule has 0 aromatic heterocycles. The molecule has 27 heavy (non-hydrogen) atoms. The molecule has 4 rings (SSSR count). The minimum atomic E-state index is -3.93. The summed E-state index contributed by atoms with van der Waals surface area (Å²) in [6, 6.07) is 15.8. The van der Waals surface area contributed by atoms with Crippen LogP contribution in [0.25, 0.3) is 0 Å². The Morgan fingerprint density at radius 1 is 1.07 bits per heavy atom. The fourth-order valence-electron chi connectivity index (χ4n) is 3.50. The topological polar surface area (TPSA) is 83.5 Å². The molecule has 2 aliphatic rings. The van der Waals surface area contributed by atoms with Crippen molar-refractivity contribution in [3.05, 3.63) is 77.2 Å². The lowest BCUT2D eigenvalue weighted by molar-refractivity contribution is -0.140. The van der Waals surface area contributed by atoms with Gasteiger partial charge in [0.05, 0.1) is 4.90 Å². The summed E-state index contributed by atoms with van der Waals surface area (Å²) >= 11 is 1.71. The first-order valence-electron chi connectivity index (χ1n) is 8.65. The Bertz CT molecular complexity index is 978. The highest BCUT2D eigenvalue weighted by Gasteiger charge is 2.63. The Labute approximate surface area is 162 Å². The molecule has 1 heterocycles. The molecule has 0 bridgehead atoms. The van der Waals surface area contributed by atoms with E-state index >= 15 is 0 Å². The van der Waals surface area contributed by atoms with Gasteiger partial charge in [-0.05, 0) is 41.5 Å². The van der Waals surface area contributed by atoms with Gasteiger partial charge in [-0.1, -0.05) is 48.5 Å². The summed E-state index contributed by atoms with van der Waals surface area (Å²) < 4.78 is 28.1. The van der Waals surface area contributed by atoms with E-state index in [9.17, 15) is 18.3 Å². The van der Waals surface area contributed by atoms with Gasteiger partial charge < -0.3 is 5.11 Å². The van der Waals surface area contributed by atoms with Crippen molar-refractivity contribution in [3.8, 4) is 0 Å². The van der Waals surface area contributed by atoms with E-state index in [0.29, 0.717) is 5.25 Å². The van der Waals surface area contributed by atoms with Crippen LogP contribution in [0.4, 0.5) is 0 Å². The normalized spacial score (nSPS) is 26.8. The Balaban J connectivity index is 1.56. The molecule has 1 saturated carbocycles. The second-order valence-electron chi connectivity index (χ2n) is 6.85. The molecule has 5 nitrogen and oxygen atoms in total. The fourth-order valence-corrected chi connectivity index (χ4v) is 5.86. The number of benzene rings is 2. The van der Waals surface area contributed by atoms with Gasteiger partial charge in [0.25, 0.3) is 0 Å². The van der Waals surface area contributed by atoms with Crippen molar-refractivity contribution in [2.24, 2.45) is 0 Å². The first kappa shape index (κ1) is 18.3. The third-order valence-corrected chi connectivity index (χ3v) is 7.78. The molecule has 0 amide bonds. The number of thioether (sulfide) groups is 1. The van der Waals surface area contributed by atoms with E-state index in [1.54, 1.807) is 36.0 Å². The molecule has 3 unspecified atom stereocenters. The molecule has 0 radical (unpaired) electrons. The van der Waals surface area contributed by atoms with E-state index < -0.39 is 21.5 Å². The van der Waals surface area contributed by atoms with Crippen LogP contribution in [-0.4, -0.2) is 25.0 Å². The van der Waals surface area contributed by atoms with Gasteiger partial charge in [-0.2, -0.15) is 4.72 Å². The van der Waals surface area contributed by atoms with Crippen LogP contribution < -0.4 is 4.72 Å². The third kappa shape index (κ3) is 3.42. The zero-order valence-corrected chi connectivity index (χ0v) is 16.0. The average Bonchev–Trinajstić information content (AvgIpc) is 3.13. The molecule has 2 N–H and O–H groups in total. The van der Waals surface area contributed by atoms with Gasteiger partial charge in [-0.15, -0.1) is 11.8 Å². The Morgan fingerprint density at radius 3 is 2.37 bits per heavy atom. The minimum absolute atomic E-state index is 0.0848. The quantitative estimate of drug-likeness (QED) is 0.772. The third-order valence-electron chi connectivity index (χ3n) is 5.11. The minimum Gasteiger partial charge on any atom is -0.480 e. The summed E-state index contributed by atoms with van der Waals surface area (Å²) in [5.41, 5.74) is 0.401. The summed E-state index contributed by atoms with van der Waals surface area (Å²) in [6.45, 7) is 0. The molecule has 0 saturated heterocycles. The van der Waals surface area contributed by atoms with Gasteiger partial charge >= 0.3 is 5.97 Å². The highest BCUT2D eigenvalue weighted by atomic mass is 32.2. The SMILES string of the molecule is O=C(O)C1(NS(=O)(=O)c2ccc(C3CC=CS3)cc2)CC1c1ccccc1. The number of carboxylic acid groups (broad SMARTS) is 1. The van der Waals surface area contributed by atoms with Crippen molar-refractivity contribution in [3.63, 3.8) is 0 Å². The lowest BCUT2D eigenvalue weighted by Crippen LogP contribution is -2.44. The largest absolute Gasteiger partial charge is 0.480 e. The molecule has 7 heteroatoms.